The van der Waals surface area contributed by atoms with Gasteiger partial charge in [0, 0.05) is 25.0 Å². The zero-order valence-electron chi connectivity index (χ0n) is 14.7. The summed E-state index contributed by atoms with van der Waals surface area (Å²) >= 11 is 0. The molecule has 0 aliphatic heterocycles. The van der Waals surface area contributed by atoms with Crippen LogP contribution in [-0.2, 0) is 0 Å². The van der Waals surface area contributed by atoms with Crippen LogP contribution in [0.15, 0.2) is 67.0 Å². The topological polar surface area (TPSA) is 70.0 Å². The average molecular weight is 344 g/mol. The average Bonchev–Trinajstić information content (AvgIpc) is 2.70. The highest BCUT2D eigenvalue weighted by Crippen LogP contribution is 2.31. The van der Waals surface area contributed by atoms with E-state index in [-0.39, 0.29) is 6.04 Å². The van der Waals surface area contributed by atoms with Crippen LogP contribution in [-0.4, -0.2) is 19.1 Å². The number of hydrogen-bond acceptors (Lipinski definition) is 5. The molecule has 5 nitrogen and oxygen atoms in total. The van der Waals surface area contributed by atoms with Crippen molar-refractivity contribution < 1.29 is 4.74 Å². The Bertz CT molecular complexity index is 902. The normalized spacial score (nSPS) is 11.4. The number of ether oxygens (including phenoxy) is 1. The van der Waals surface area contributed by atoms with Crippen molar-refractivity contribution in [3.8, 4) is 17.6 Å². The number of nitrogens with one attached hydrogen (secondary N) is 2. The lowest BCUT2D eigenvalue weighted by atomic mass is 9.97. The molecule has 0 saturated heterocycles. The number of anilines is 1. The van der Waals surface area contributed by atoms with E-state index in [1.54, 1.807) is 12.4 Å². The quantitative estimate of drug-likeness (QED) is 0.705. The monoisotopic (exact) mass is 344 g/mol. The van der Waals surface area contributed by atoms with Crippen molar-refractivity contribution in [1.82, 2.24) is 10.3 Å². The molecule has 0 spiro atoms. The minimum Gasteiger partial charge on any atom is -0.457 e. The Labute approximate surface area is 153 Å². The van der Waals surface area contributed by atoms with Crippen LogP contribution in [0.5, 0.6) is 11.5 Å². The summed E-state index contributed by atoms with van der Waals surface area (Å²) < 4.78 is 5.85. The third-order valence-corrected chi connectivity index (χ3v) is 4.14. The number of nitrogens with zero attached hydrogens (tertiary/aromatic N) is 2. The molecule has 3 aromatic rings. The minimum atomic E-state index is -0.0935. The van der Waals surface area contributed by atoms with Crippen LogP contribution < -0.4 is 15.4 Å². The van der Waals surface area contributed by atoms with Gasteiger partial charge in [0.2, 0.25) is 0 Å². The van der Waals surface area contributed by atoms with Gasteiger partial charge >= 0.3 is 0 Å². The molecule has 0 bridgehead atoms. The maximum atomic E-state index is 9.31. The Morgan fingerprint density at radius 1 is 0.962 bits per heavy atom. The Balaban J connectivity index is 1.89. The summed E-state index contributed by atoms with van der Waals surface area (Å²) in [5, 5.41) is 15.7. The number of hydrogen-bond donors (Lipinski definition) is 2. The Kier molecular flexibility index (Phi) is 5.47. The summed E-state index contributed by atoms with van der Waals surface area (Å²) in [5.41, 5.74) is 3.29. The molecule has 1 atom stereocenters. The smallest absolute Gasteiger partial charge is 0.127 e. The van der Waals surface area contributed by atoms with Crippen molar-refractivity contribution in [2.75, 3.05) is 19.4 Å². The van der Waals surface area contributed by atoms with E-state index in [1.165, 1.54) is 0 Å². The molecule has 130 valence electrons. The van der Waals surface area contributed by atoms with E-state index in [0.29, 0.717) is 5.56 Å². The van der Waals surface area contributed by atoms with Crippen molar-refractivity contribution in [1.29, 1.82) is 5.26 Å². The first-order valence-electron chi connectivity index (χ1n) is 8.32. The van der Waals surface area contributed by atoms with E-state index in [1.807, 2.05) is 68.7 Å². The molecule has 0 saturated carbocycles. The van der Waals surface area contributed by atoms with Crippen LogP contribution in [0.2, 0.25) is 0 Å². The molecule has 26 heavy (non-hydrogen) atoms. The van der Waals surface area contributed by atoms with Gasteiger partial charge in [-0.05, 0) is 36.9 Å². The standard InChI is InChI=1S/C21H20N4O/c1-23-20(19-14-25-13-16(12-22)21(19)24-2)15-8-10-18(11-9-15)26-17-6-4-3-5-7-17/h3-11,13-14,20,23H,1-2H3,(H,24,25). The first-order chi connectivity index (χ1) is 12.8. The summed E-state index contributed by atoms with van der Waals surface area (Å²) in [7, 11) is 3.70. The molecule has 0 amide bonds. The maximum absolute atomic E-state index is 9.31. The number of nitriles is 1. The lowest BCUT2D eigenvalue weighted by molar-refractivity contribution is 0.482. The summed E-state index contributed by atoms with van der Waals surface area (Å²) in [6.07, 6.45) is 3.35. The number of benzene rings is 2. The molecular weight excluding hydrogens is 324 g/mol. The first kappa shape index (κ1) is 17.5. The van der Waals surface area contributed by atoms with Gasteiger partial charge in [-0.25, -0.2) is 0 Å². The van der Waals surface area contributed by atoms with E-state index in [9.17, 15) is 5.26 Å². The van der Waals surface area contributed by atoms with E-state index < -0.39 is 0 Å². The lowest BCUT2D eigenvalue weighted by Gasteiger charge is -2.21. The highest BCUT2D eigenvalue weighted by molar-refractivity contribution is 5.63. The van der Waals surface area contributed by atoms with E-state index in [4.69, 9.17) is 4.74 Å². The molecule has 5 heteroatoms. The van der Waals surface area contributed by atoms with Crippen LogP contribution in [0.1, 0.15) is 22.7 Å². The molecule has 0 aliphatic rings. The first-order valence-corrected chi connectivity index (χ1v) is 8.32. The second kappa shape index (κ2) is 8.15. The Morgan fingerprint density at radius 2 is 1.65 bits per heavy atom. The second-order valence-electron chi connectivity index (χ2n) is 5.72. The summed E-state index contributed by atoms with van der Waals surface area (Å²) in [6, 6.07) is 19.7. The molecular formula is C21H20N4O. The molecule has 1 aromatic heterocycles. The van der Waals surface area contributed by atoms with Gasteiger partial charge in [-0.3, -0.25) is 4.98 Å². The van der Waals surface area contributed by atoms with E-state index in [2.05, 4.69) is 21.7 Å². The fourth-order valence-corrected chi connectivity index (χ4v) is 2.91. The maximum Gasteiger partial charge on any atom is 0.127 e. The van der Waals surface area contributed by atoms with Crippen LogP contribution in [0.4, 0.5) is 5.69 Å². The SMILES string of the molecule is CNc1c(C#N)cncc1C(NC)c1ccc(Oc2ccccc2)cc1. The summed E-state index contributed by atoms with van der Waals surface area (Å²) in [5.74, 6) is 1.57. The molecule has 3 rings (SSSR count). The fourth-order valence-electron chi connectivity index (χ4n) is 2.91. The molecule has 1 unspecified atom stereocenters. The van der Waals surface area contributed by atoms with Crippen LogP contribution >= 0.6 is 0 Å². The minimum absolute atomic E-state index is 0.0935. The van der Waals surface area contributed by atoms with Gasteiger partial charge in [-0.15, -0.1) is 0 Å². The van der Waals surface area contributed by atoms with E-state index in [0.717, 1.165) is 28.3 Å². The summed E-state index contributed by atoms with van der Waals surface area (Å²) in [6.45, 7) is 0. The predicted molar refractivity (Wildman–Crippen MR) is 102 cm³/mol. The van der Waals surface area contributed by atoms with Crippen molar-refractivity contribution in [2.45, 2.75) is 6.04 Å². The van der Waals surface area contributed by atoms with Crippen LogP contribution in [0.25, 0.3) is 0 Å². The fraction of sp³-hybridized carbons (Fsp3) is 0.143. The van der Waals surface area contributed by atoms with Gasteiger partial charge in [0.25, 0.3) is 0 Å². The number of aromatic nitrogens is 1. The molecule has 0 radical (unpaired) electrons. The zero-order valence-corrected chi connectivity index (χ0v) is 14.7. The highest BCUT2D eigenvalue weighted by Gasteiger charge is 2.18. The van der Waals surface area contributed by atoms with E-state index >= 15 is 0 Å². The second-order valence-corrected chi connectivity index (χ2v) is 5.72. The molecule has 0 fully saturated rings. The van der Waals surface area contributed by atoms with Gasteiger partial charge in [0.1, 0.15) is 17.6 Å². The Morgan fingerprint density at radius 3 is 2.27 bits per heavy atom. The third kappa shape index (κ3) is 3.66. The Hall–Kier alpha value is -3.36. The molecule has 0 aliphatic carbocycles. The van der Waals surface area contributed by atoms with Crippen molar-refractivity contribution >= 4 is 5.69 Å². The van der Waals surface area contributed by atoms with Gasteiger partial charge in [-0.2, -0.15) is 5.26 Å². The number of rotatable bonds is 6. The molecule has 2 aromatic carbocycles. The predicted octanol–water partition coefficient (Wildman–Crippen LogP) is 4.10. The number of pyridine rings is 1. The number of para-hydroxylation sites is 1. The highest BCUT2D eigenvalue weighted by atomic mass is 16.5. The zero-order chi connectivity index (χ0) is 18.4. The summed E-state index contributed by atoms with van der Waals surface area (Å²) in [4.78, 5) is 4.20. The van der Waals surface area contributed by atoms with Gasteiger partial charge < -0.3 is 15.4 Å². The van der Waals surface area contributed by atoms with Gasteiger partial charge in [-0.1, -0.05) is 30.3 Å². The lowest BCUT2D eigenvalue weighted by Crippen LogP contribution is -2.19. The van der Waals surface area contributed by atoms with Gasteiger partial charge in [0.05, 0.1) is 17.3 Å². The van der Waals surface area contributed by atoms with Crippen molar-refractivity contribution in [3.63, 3.8) is 0 Å². The van der Waals surface area contributed by atoms with Crippen molar-refractivity contribution in [3.05, 3.63) is 83.7 Å². The van der Waals surface area contributed by atoms with Crippen LogP contribution in [0.3, 0.4) is 0 Å². The molecule has 2 N–H and O–H groups in total. The van der Waals surface area contributed by atoms with Crippen LogP contribution in [0, 0.1) is 11.3 Å². The van der Waals surface area contributed by atoms with Crippen molar-refractivity contribution in [2.24, 2.45) is 0 Å². The third-order valence-electron chi connectivity index (χ3n) is 4.14. The largest absolute Gasteiger partial charge is 0.457 e. The molecule has 1 heterocycles. The van der Waals surface area contributed by atoms with Gasteiger partial charge in [0.15, 0.2) is 0 Å².